The summed E-state index contributed by atoms with van der Waals surface area (Å²) in [5.41, 5.74) is 4.91. The number of nitrogens with zero attached hydrogens (tertiary/aromatic N) is 3. The summed E-state index contributed by atoms with van der Waals surface area (Å²) in [5, 5.41) is 10.1. The van der Waals surface area contributed by atoms with Crippen molar-refractivity contribution in [1.29, 1.82) is 5.26 Å². The first-order valence-corrected chi connectivity index (χ1v) is 10.6. The Morgan fingerprint density at radius 3 is 2.69 bits per heavy atom. The molecule has 1 aliphatic rings. The lowest BCUT2D eigenvalue weighted by molar-refractivity contribution is 0.697. The summed E-state index contributed by atoms with van der Waals surface area (Å²) < 4.78 is 1.71. The fraction of sp³-hybridized carbons (Fsp3) is 0.208. The van der Waals surface area contributed by atoms with Gasteiger partial charge in [0, 0.05) is 4.88 Å². The van der Waals surface area contributed by atoms with Crippen molar-refractivity contribution in [3.8, 4) is 17.2 Å². The lowest BCUT2D eigenvalue weighted by Crippen LogP contribution is -2.21. The van der Waals surface area contributed by atoms with Crippen LogP contribution < -0.4 is 5.56 Å². The second-order valence-electron chi connectivity index (χ2n) is 7.42. The summed E-state index contributed by atoms with van der Waals surface area (Å²) in [5.74, 6) is 0. The van der Waals surface area contributed by atoms with Crippen LogP contribution in [0.4, 0.5) is 0 Å². The molecule has 0 amide bonds. The predicted molar refractivity (Wildman–Crippen MR) is 116 cm³/mol. The van der Waals surface area contributed by atoms with Crippen molar-refractivity contribution in [1.82, 2.24) is 9.55 Å². The van der Waals surface area contributed by atoms with Crippen molar-refractivity contribution in [3.05, 3.63) is 86.8 Å². The maximum Gasteiger partial charge on any atom is 0.262 e. The molecule has 5 rings (SSSR count). The first-order valence-electron chi connectivity index (χ1n) is 9.83. The molecule has 2 aromatic carbocycles. The van der Waals surface area contributed by atoms with Crippen molar-refractivity contribution >= 4 is 21.6 Å². The number of rotatable bonds is 3. The molecule has 4 nitrogen and oxygen atoms in total. The molecule has 2 heterocycles. The summed E-state index contributed by atoms with van der Waals surface area (Å²) in [6.45, 7) is 0.493. The standard InChI is InChI=1S/C24H19N3OS/c25-13-18-5-1-2-6-19(18)17-11-9-16(10-12-17)14-27-15-26-23-22(24(27)28)20-7-3-4-8-21(20)29-23/h1-2,5-6,9-12,15H,3-4,7-8,14H2. The van der Waals surface area contributed by atoms with E-state index < -0.39 is 0 Å². The van der Waals surface area contributed by atoms with E-state index >= 15 is 0 Å². The zero-order valence-electron chi connectivity index (χ0n) is 15.9. The minimum atomic E-state index is 0.0632. The SMILES string of the molecule is N#Cc1ccccc1-c1ccc(Cn2cnc3sc4c(c3c2=O)CCCC4)cc1. The van der Waals surface area contributed by atoms with Gasteiger partial charge in [-0.05, 0) is 54.0 Å². The van der Waals surface area contributed by atoms with Gasteiger partial charge in [-0.1, -0.05) is 42.5 Å². The molecule has 0 saturated carbocycles. The first-order chi connectivity index (χ1) is 14.2. The summed E-state index contributed by atoms with van der Waals surface area (Å²) >= 11 is 1.68. The van der Waals surface area contributed by atoms with Crippen molar-refractivity contribution in [2.75, 3.05) is 0 Å². The van der Waals surface area contributed by atoms with Gasteiger partial charge in [-0.15, -0.1) is 11.3 Å². The van der Waals surface area contributed by atoms with Crippen LogP contribution in [0.25, 0.3) is 21.3 Å². The van der Waals surface area contributed by atoms with Crippen molar-refractivity contribution < 1.29 is 0 Å². The highest BCUT2D eigenvalue weighted by atomic mass is 32.1. The molecule has 0 spiro atoms. The van der Waals surface area contributed by atoms with Crippen LogP contribution in [-0.2, 0) is 19.4 Å². The van der Waals surface area contributed by atoms with E-state index in [2.05, 4.69) is 11.1 Å². The van der Waals surface area contributed by atoms with Crippen LogP contribution in [-0.4, -0.2) is 9.55 Å². The van der Waals surface area contributed by atoms with Crippen molar-refractivity contribution in [2.24, 2.45) is 0 Å². The fourth-order valence-corrected chi connectivity index (χ4v) is 5.33. The van der Waals surface area contributed by atoms with E-state index in [1.165, 1.54) is 16.9 Å². The Balaban J connectivity index is 1.48. The highest BCUT2D eigenvalue weighted by molar-refractivity contribution is 7.18. The Bertz CT molecular complexity index is 1310. The number of hydrogen-bond donors (Lipinski definition) is 0. The predicted octanol–water partition coefficient (Wildman–Crippen LogP) is 4.92. The monoisotopic (exact) mass is 397 g/mol. The number of hydrogen-bond acceptors (Lipinski definition) is 4. The number of thiophene rings is 1. The third-order valence-electron chi connectivity index (χ3n) is 5.61. The summed E-state index contributed by atoms with van der Waals surface area (Å²) in [6.07, 6.45) is 6.09. The van der Waals surface area contributed by atoms with E-state index in [1.54, 1.807) is 22.2 Å². The summed E-state index contributed by atoms with van der Waals surface area (Å²) in [4.78, 5) is 19.9. The van der Waals surface area contributed by atoms with E-state index in [9.17, 15) is 10.1 Å². The highest BCUT2D eigenvalue weighted by Gasteiger charge is 2.20. The molecule has 0 unspecified atom stereocenters. The minimum Gasteiger partial charge on any atom is -0.294 e. The van der Waals surface area contributed by atoms with E-state index in [0.29, 0.717) is 12.1 Å². The average molecular weight is 398 g/mol. The molecule has 29 heavy (non-hydrogen) atoms. The van der Waals surface area contributed by atoms with Gasteiger partial charge in [0.2, 0.25) is 0 Å². The molecule has 4 aromatic rings. The van der Waals surface area contributed by atoms with Crippen LogP contribution in [0.1, 0.15) is 34.4 Å². The summed E-state index contributed by atoms with van der Waals surface area (Å²) in [7, 11) is 0. The molecule has 5 heteroatoms. The van der Waals surface area contributed by atoms with Crippen LogP contribution in [0.15, 0.2) is 59.7 Å². The zero-order chi connectivity index (χ0) is 19.8. The number of fused-ring (bicyclic) bond motifs is 3. The van der Waals surface area contributed by atoms with Gasteiger partial charge in [0.05, 0.1) is 29.9 Å². The molecule has 0 saturated heterocycles. The number of aromatic nitrogens is 2. The van der Waals surface area contributed by atoms with Gasteiger partial charge in [0.15, 0.2) is 0 Å². The van der Waals surface area contributed by atoms with E-state index in [4.69, 9.17) is 0 Å². The molecule has 0 bridgehead atoms. The Hall–Kier alpha value is -3.23. The Kier molecular flexibility index (Phi) is 4.49. The summed E-state index contributed by atoms with van der Waals surface area (Å²) in [6, 6.07) is 17.9. The Morgan fingerprint density at radius 2 is 1.86 bits per heavy atom. The van der Waals surface area contributed by atoms with Gasteiger partial charge in [-0.2, -0.15) is 5.26 Å². The van der Waals surface area contributed by atoms with Gasteiger partial charge in [0.1, 0.15) is 4.83 Å². The molecule has 0 N–H and O–H groups in total. The third-order valence-corrected chi connectivity index (χ3v) is 6.81. The number of aryl methyl sites for hydroxylation is 2. The number of nitriles is 1. The second kappa shape index (κ2) is 7.31. The van der Waals surface area contributed by atoms with Crippen LogP contribution in [0, 0.1) is 11.3 Å². The van der Waals surface area contributed by atoms with Crippen LogP contribution in [0.2, 0.25) is 0 Å². The molecule has 0 atom stereocenters. The first kappa shape index (κ1) is 17.8. The van der Waals surface area contributed by atoms with E-state index in [0.717, 1.165) is 46.2 Å². The van der Waals surface area contributed by atoms with Gasteiger partial charge in [-0.25, -0.2) is 4.98 Å². The molecule has 0 aliphatic heterocycles. The van der Waals surface area contributed by atoms with Gasteiger partial charge >= 0.3 is 0 Å². The molecule has 0 radical (unpaired) electrons. The Labute approximate surface area is 172 Å². The van der Waals surface area contributed by atoms with Gasteiger partial charge in [0.25, 0.3) is 5.56 Å². The number of benzene rings is 2. The maximum atomic E-state index is 13.1. The molecular formula is C24H19N3OS. The van der Waals surface area contributed by atoms with Gasteiger partial charge < -0.3 is 0 Å². The normalized spacial score (nSPS) is 13.2. The lowest BCUT2D eigenvalue weighted by Gasteiger charge is -2.11. The topological polar surface area (TPSA) is 58.7 Å². The molecule has 142 valence electrons. The van der Waals surface area contributed by atoms with Crippen LogP contribution in [0.5, 0.6) is 0 Å². The smallest absolute Gasteiger partial charge is 0.262 e. The van der Waals surface area contributed by atoms with E-state index in [-0.39, 0.29) is 5.56 Å². The molecule has 2 aromatic heterocycles. The van der Waals surface area contributed by atoms with Gasteiger partial charge in [-0.3, -0.25) is 9.36 Å². The van der Waals surface area contributed by atoms with Crippen LogP contribution >= 0.6 is 11.3 Å². The zero-order valence-corrected chi connectivity index (χ0v) is 16.7. The largest absolute Gasteiger partial charge is 0.294 e. The quantitative estimate of drug-likeness (QED) is 0.493. The molecule has 1 aliphatic carbocycles. The van der Waals surface area contributed by atoms with Crippen molar-refractivity contribution in [3.63, 3.8) is 0 Å². The minimum absolute atomic E-state index is 0.0632. The Morgan fingerprint density at radius 1 is 1.07 bits per heavy atom. The fourth-order valence-electron chi connectivity index (χ4n) is 4.11. The average Bonchev–Trinajstić information content (AvgIpc) is 3.15. The third kappa shape index (κ3) is 3.16. The highest BCUT2D eigenvalue weighted by Crippen LogP contribution is 2.33. The van der Waals surface area contributed by atoms with Crippen LogP contribution in [0.3, 0.4) is 0 Å². The second-order valence-corrected chi connectivity index (χ2v) is 8.51. The lowest BCUT2D eigenvalue weighted by atomic mass is 9.97. The molecular weight excluding hydrogens is 378 g/mol. The van der Waals surface area contributed by atoms with Crippen molar-refractivity contribution in [2.45, 2.75) is 32.2 Å². The maximum absolute atomic E-state index is 13.1. The molecule has 0 fully saturated rings. The van der Waals surface area contributed by atoms with E-state index in [1.807, 2.05) is 48.5 Å².